The molecule has 1 saturated heterocycles. The van der Waals surface area contributed by atoms with E-state index in [0.717, 1.165) is 32.4 Å². The van der Waals surface area contributed by atoms with E-state index in [1.54, 1.807) is 0 Å². The van der Waals surface area contributed by atoms with E-state index in [2.05, 4.69) is 17.1 Å². The zero-order chi connectivity index (χ0) is 16.0. The minimum atomic E-state index is -0.761. The van der Waals surface area contributed by atoms with E-state index in [1.165, 1.54) is 0 Å². The number of aliphatic carboxylic acids is 1. The summed E-state index contributed by atoms with van der Waals surface area (Å²) in [6.45, 7) is 10.2. The predicted molar refractivity (Wildman–Crippen MR) is 83.1 cm³/mol. The molecule has 1 heterocycles. The maximum atomic E-state index is 12.1. The van der Waals surface area contributed by atoms with Gasteiger partial charge in [-0.3, -0.25) is 9.59 Å². The molecule has 0 radical (unpaired) electrons. The number of rotatable bonds is 6. The van der Waals surface area contributed by atoms with Crippen molar-refractivity contribution in [3.63, 3.8) is 0 Å². The SMILES string of the molecule is CCCC1CC(NC(=O)C(C)(C)C)CN(CCC(=O)O)C1. The molecule has 21 heavy (non-hydrogen) atoms. The summed E-state index contributed by atoms with van der Waals surface area (Å²) in [5, 5.41) is 12.0. The van der Waals surface area contributed by atoms with Crippen molar-refractivity contribution in [3.8, 4) is 0 Å². The molecule has 5 heteroatoms. The van der Waals surface area contributed by atoms with Crippen molar-refractivity contribution >= 4 is 11.9 Å². The second-order valence-corrected chi connectivity index (χ2v) is 7.21. The number of amides is 1. The standard InChI is InChI=1S/C16H30N2O3/c1-5-6-12-9-13(17-15(21)16(2,3)4)11-18(10-12)8-7-14(19)20/h12-13H,5-11H2,1-4H3,(H,17,21)(H,19,20). The van der Waals surface area contributed by atoms with Crippen LogP contribution in [0.15, 0.2) is 0 Å². The van der Waals surface area contributed by atoms with Crippen molar-refractivity contribution in [2.45, 2.75) is 59.4 Å². The Balaban J connectivity index is 2.61. The van der Waals surface area contributed by atoms with Crippen LogP contribution in [-0.2, 0) is 9.59 Å². The summed E-state index contributed by atoms with van der Waals surface area (Å²) < 4.78 is 0. The van der Waals surface area contributed by atoms with Crippen LogP contribution in [0.25, 0.3) is 0 Å². The third-order valence-corrected chi connectivity index (χ3v) is 3.97. The molecular weight excluding hydrogens is 268 g/mol. The van der Waals surface area contributed by atoms with E-state index >= 15 is 0 Å². The van der Waals surface area contributed by atoms with Gasteiger partial charge >= 0.3 is 5.97 Å². The molecule has 2 N–H and O–H groups in total. The Labute approximate surface area is 128 Å². The number of carbonyl (C=O) groups excluding carboxylic acids is 1. The van der Waals surface area contributed by atoms with Crippen molar-refractivity contribution in [2.75, 3.05) is 19.6 Å². The predicted octanol–water partition coefficient (Wildman–Crippen LogP) is 2.11. The maximum absolute atomic E-state index is 12.1. The van der Waals surface area contributed by atoms with Crippen LogP contribution in [0, 0.1) is 11.3 Å². The third kappa shape index (κ3) is 6.46. The van der Waals surface area contributed by atoms with Gasteiger partial charge in [-0.1, -0.05) is 34.1 Å². The lowest BCUT2D eigenvalue weighted by Gasteiger charge is -2.38. The highest BCUT2D eigenvalue weighted by Crippen LogP contribution is 2.23. The van der Waals surface area contributed by atoms with Gasteiger partial charge in [0.05, 0.1) is 6.42 Å². The first-order valence-electron chi connectivity index (χ1n) is 7.97. The summed E-state index contributed by atoms with van der Waals surface area (Å²) in [7, 11) is 0. The van der Waals surface area contributed by atoms with Gasteiger partial charge in [-0.25, -0.2) is 0 Å². The molecule has 1 aliphatic heterocycles. The highest BCUT2D eigenvalue weighted by Gasteiger charge is 2.30. The van der Waals surface area contributed by atoms with Crippen molar-refractivity contribution in [2.24, 2.45) is 11.3 Å². The van der Waals surface area contributed by atoms with Gasteiger partial charge in [-0.15, -0.1) is 0 Å². The monoisotopic (exact) mass is 298 g/mol. The van der Waals surface area contributed by atoms with Crippen LogP contribution in [0.4, 0.5) is 0 Å². The molecule has 1 aliphatic rings. The number of hydrogen-bond acceptors (Lipinski definition) is 3. The minimum absolute atomic E-state index is 0.0721. The zero-order valence-electron chi connectivity index (χ0n) is 13.8. The van der Waals surface area contributed by atoms with Crippen LogP contribution in [0.2, 0.25) is 0 Å². The lowest BCUT2D eigenvalue weighted by Crippen LogP contribution is -2.53. The number of carboxylic acids is 1. The molecule has 0 saturated carbocycles. The number of carboxylic acid groups (broad SMARTS) is 1. The molecule has 1 rings (SSSR count). The van der Waals surface area contributed by atoms with Gasteiger partial charge in [0.2, 0.25) is 5.91 Å². The summed E-state index contributed by atoms with van der Waals surface area (Å²) in [5.74, 6) is -0.145. The molecule has 1 fully saturated rings. The van der Waals surface area contributed by atoms with Gasteiger partial charge < -0.3 is 15.3 Å². The molecule has 2 unspecified atom stereocenters. The third-order valence-electron chi connectivity index (χ3n) is 3.97. The molecule has 122 valence electrons. The van der Waals surface area contributed by atoms with Crippen molar-refractivity contribution < 1.29 is 14.7 Å². The largest absolute Gasteiger partial charge is 0.481 e. The Morgan fingerprint density at radius 3 is 2.48 bits per heavy atom. The van der Waals surface area contributed by atoms with E-state index in [1.807, 2.05) is 20.8 Å². The molecular formula is C16H30N2O3. The van der Waals surface area contributed by atoms with Crippen molar-refractivity contribution in [1.29, 1.82) is 0 Å². The lowest BCUT2D eigenvalue weighted by atomic mass is 9.89. The summed E-state index contributed by atoms with van der Waals surface area (Å²) in [6.07, 6.45) is 3.42. The van der Waals surface area contributed by atoms with Crippen LogP contribution in [0.3, 0.4) is 0 Å². The fraction of sp³-hybridized carbons (Fsp3) is 0.875. The first-order valence-corrected chi connectivity index (χ1v) is 7.97. The van der Waals surface area contributed by atoms with Gasteiger partial charge in [0.1, 0.15) is 0 Å². The van der Waals surface area contributed by atoms with Gasteiger partial charge in [0.25, 0.3) is 0 Å². The smallest absolute Gasteiger partial charge is 0.304 e. The van der Waals surface area contributed by atoms with Gasteiger partial charge in [-0.05, 0) is 18.8 Å². The zero-order valence-corrected chi connectivity index (χ0v) is 13.8. The van der Waals surface area contributed by atoms with Crippen molar-refractivity contribution in [1.82, 2.24) is 10.2 Å². The summed E-state index contributed by atoms with van der Waals surface area (Å²) in [5.41, 5.74) is -0.385. The normalized spacial score (nSPS) is 23.8. The number of piperidine rings is 1. The highest BCUT2D eigenvalue weighted by atomic mass is 16.4. The van der Waals surface area contributed by atoms with Crippen LogP contribution >= 0.6 is 0 Å². The Morgan fingerprint density at radius 2 is 1.95 bits per heavy atom. The minimum Gasteiger partial charge on any atom is -0.481 e. The Hall–Kier alpha value is -1.10. The molecule has 0 aromatic rings. The van der Waals surface area contributed by atoms with Crippen LogP contribution in [-0.4, -0.2) is 47.6 Å². The molecule has 0 aromatic heterocycles. The van der Waals surface area contributed by atoms with E-state index < -0.39 is 5.97 Å². The van der Waals surface area contributed by atoms with Gasteiger partial charge in [-0.2, -0.15) is 0 Å². The first-order chi connectivity index (χ1) is 9.72. The second kappa shape index (κ2) is 7.78. The van der Waals surface area contributed by atoms with E-state index in [9.17, 15) is 9.59 Å². The second-order valence-electron chi connectivity index (χ2n) is 7.21. The summed E-state index contributed by atoms with van der Waals surface area (Å²) in [4.78, 5) is 25.1. The molecule has 0 bridgehead atoms. The van der Waals surface area contributed by atoms with Crippen LogP contribution < -0.4 is 5.32 Å². The summed E-state index contributed by atoms with van der Waals surface area (Å²) in [6, 6.07) is 0.135. The maximum Gasteiger partial charge on any atom is 0.304 e. The van der Waals surface area contributed by atoms with E-state index in [4.69, 9.17) is 5.11 Å². The van der Waals surface area contributed by atoms with E-state index in [-0.39, 0.29) is 23.8 Å². The van der Waals surface area contributed by atoms with Crippen LogP contribution in [0.1, 0.15) is 53.4 Å². The molecule has 0 aromatic carbocycles. The van der Waals surface area contributed by atoms with Gasteiger partial charge in [0.15, 0.2) is 0 Å². The Kier molecular flexibility index (Phi) is 6.65. The quantitative estimate of drug-likeness (QED) is 0.788. The topological polar surface area (TPSA) is 69.6 Å². The van der Waals surface area contributed by atoms with E-state index in [0.29, 0.717) is 12.5 Å². The van der Waals surface area contributed by atoms with Crippen molar-refractivity contribution in [3.05, 3.63) is 0 Å². The molecule has 2 atom stereocenters. The van der Waals surface area contributed by atoms with Gasteiger partial charge in [0, 0.05) is 31.1 Å². The number of nitrogens with one attached hydrogen (secondary N) is 1. The fourth-order valence-electron chi connectivity index (χ4n) is 2.86. The molecule has 0 spiro atoms. The number of hydrogen-bond donors (Lipinski definition) is 2. The molecule has 1 amide bonds. The average Bonchev–Trinajstić information content (AvgIpc) is 2.35. The summed E-state index contributed by atoms with van der Waals surface area (Å²) >= 11 is 0. The number of likely N-dealkylation sites (tertiary alicyclic amines) is 1. The molecule has 5 nitrogen and oxygen atoms in total. The Morgan fingerprint density at radius 1 is 1.29 bits per heavy atom. The first kappa shape index (κ1) is 18.0. The number of nitrogens with zero attached hydrogens (tertiary/aromatic N) is 1. The Bertz CT molecular complexity index is 363. The highest BCUT2D eigenvalue weighted by molar-refractivity contribution is 5.81. The molecule has 0 aliphatic carbocycles. The number of carbonyl (C=O) groups is 2. The fourth-order valence-corrected chi connectivity index (χ4v) is 2.86. The lowest BCUT2D eigenvalue weighted by molar-refractivity contribution is -0.137. The average molecular weight is 298 g/mol. The van der Waals surface area contributed by atoms with Crippen LogP contribution in [0.5, 0.6) is 0 Å².